The molecule has 1 aliphatic carbocycles. The number of sulfonamides is 1. The Morgan fingerprint density at radius 2 is 1.58 bits per heavy atom. The molecule has 2 amide bonds. The number of rotatable bonds is 13. The summed E-state index contributed by atoms with van der Waals surface area (Å²) in [6.07, 6.45) is 4.32. The molecule has 43 heavy (non-hydrogen) atoms. The lowest BCUT2D eigenvalue weighted by Crippen LogP contribution is -2.53. The zero-order valence-electron chi connectivity index (χ0n) is 25.3. The minimum absolute atomic E-state index is 0.0110. The lowest BCUT2D eigenvalue weighted by Gasteiger charge is -2.34. The lowest BCUT2D eigenvalue weighted by molar-refractivity contribution is -0.140. The van der Waals surface area contributed by atoms with Gasteiger partial charge in [-0.25, -0.2) is 8.42 Å². The van der Waals surface area contributed by atoms with Crippen molar-refractivity contribution in [2.45, 2.75) is 69.5 Å². The van der Waals surface area contributed by atoms with Crippen molar-refractivity contribution >= 4 is 27.5 Å². The minimum Gasteiger partial charge on any atom is -0.497 e. The van der Waals surface area contributed by atoms with Crippen LogP contribution in [0.15, 0.2) is 77.7 Å². The number of hydrogen-bond acceptors (Lipinski definition) is 6. The first kappa shape index (κ1) is 31.9. The zero-order chi connectivity index (χ0) is 31.0. The topological polar surface area (TPSA) is 105 Å². The highest BCUT2D eigenvalue weighted by Crippen LogP contribution is 2.33. The van der Waals surface area contributed by atoms with Gasteiger partial charge in [-0.3, -0.25) is 13.9 Å². The molecule has 9 nitrogen and oxygen atoms in total. The number of hydrogen-bond donors (Lipinski definition) is 1. The normalized spacial score (nSPS) is 14.1. The van der Waals surface area contributed by atoms with E-state index in [1.54, 1.807) is 36.4 Å². The van der Waals surface area contributed by atoms with Gasteiger partial charge in [-0.15, -0.1) is 0 Å². The summed E-state index contributed by atoms with van der Waals surface area (Å²) in [6.45, 7) is 3.46. The van der Waals surface area contributed by atoms with Crippen molar-refractivity contribution in [3.63, 3.8) is 0 Å². The summed E-state index contributed by atoms with van der Waals surface area (Å²) in [7, 11) is -1.29. The summed E-state index contributed by atoms with van der Waals surface area (Å²) in [5.41, 5.74) is 2.13. The Hall–Kier alpha value is -4.05. The molecule has 3 aromatic rings. The van der Waals surface area contributed by atoms with Gasteiger partial charge in [-0.1, -0.05) is 61.7 Å². The van der Waals surface area contributed by atoms with Gasteiger partial charge in [0.05, 0.1) is 24.8 Å². The average molecular weight is 608 g/mol. The predicted octanol–water partition coefficient (Wildman–Crippen LogP) is 5.07. The van der Waals surface area contributed by atoms with Gasteiger partial charge in [0, 0.05) is 12.6 Å². The highest BCUT2D eigenvalue weighted by atomic mass is 32.2. The zero-order valence-corrected chi connectivity index (χ0v) is 26.1. The summed E-state index contributed by atoms with van der Waals surface area (Å²) in [5.74, 6) is 0.0689. The Morgan fingerprint density at radius 1 is 0.930 bits per heavy atom. The number of aryl methyl sites for hydroxylation is 1. The molecule has 1 fully saturated rings. The molecule has 0 aromatic heterocycles. The molecule has 0 unspecified atom stereocenters. The van der Waals surface area contributed by atoms with Crippen molar-refractivity contribution in [3.8, 4) is 11.5 Å². The Bertz CT molecular complexity index is 1490. The van der Waals surface area contributed by atoms with E-state index < -0.39 is 28.5 Å². The fourth-order valence-electron chi connectivity index (χ4n) is 5.40. The molecule has 1 saturated carbocycles. The lowest BCUT2D eigenvalue weighted by atomic mass is 10.1. The first-order valence-corrected chi connectivity index (χ1v) is 16.1. The third-order valence-electron chi connectivity index (χ3n) is 7.84. The van der Waals surface area contributed by atoms with Crippen LogP contribution in [-0.2, 0) is 26.2 Å². The van der Waals surface area contributed by atoms with Crippen LogP contribution in [-0.4, -0.2) is 58.0 Å². The van der Waals surface area contributed by atoms with Crippen molar-refractivity contribution in [1.82, 2.24) is 10.2 Å². The number of amides is 2. The van der Waals surface area contributed by atoms with Crippen molar-refractivity contribution in [2.24, 2.45) is 0 Å². The molecule has 0 bridgehead atoms. The van der Waals surface area contributed by atoms with Gasteiger partial charge in [-0.05, 0) is 68.1 Å². The summed E-state index contributed by atoms with van der Waals surface area (Å²) < 4.78 is 40.0. The Balaban J connectivity index is 1.74. The molecule has 10 heteroatoms. The van der Waals surface area contributed by atoms with Gasteiger partial charge in [-0.2, -0.15) is 0 Å². The second kappa shape index (κ2) is 14.4. The number of benzene rings is 3. The molecule has 230 valence electrons. The maximum atomic E-state index is 14.3. The van der Waals surface area contributed by atoms with Crippen molar-refractivity contribution in [2.75, 3.05) is 25.1 Å². The number of carbonyl (C=O) groups excluding carboxylic acids is 2. The van der Waals surface area contributed by atoms with Crippen LogP contribution in [0.25, 0.3) is 0 Å². The largest absolute Gasteiger partial charge is 0.497 e. The van der Waals surface area contributed by atoms with E-state index in [0.717, 1.165) is 41.1 Å². The van der Waals surface area contributed by atoms with E-state index >= 15 is 0 Å². The fraction of sp³-hybridized carbons (Fsp3) is 0.394. The Labute approximate surface area is 254 Å². The molecule has 0 aliphatic heterocycles. The molecule has 1 atom stereocenters. The molecule has 0 radical (unpaired) electrons. The van der Waals surface area contributed by atoms with Crippen LogP contribution in [0.4, 0.5) is 5.69 Å². The third-order valence-corrected chi connectivity index (χ3v) is 9.62. The third kappa shape index (κ3) is 7.67. The van der Waals surface area contributed by atoms with E-state index in [1.807, 2.05) is 38.1 Å². The van der Waals surface area contributed by atoms with E-state index in [1.165, 1.54) is 31.3 Å². The number of nitrogens with one attached hydrogen (secondary N) is 1. The van der Waals surface area contributed by atoms with Gasteiger partial charge >= 0.3 is 0 Å². The monoisotopic (exact) mass is 607 g/mol. The second-order valence-electron chi connectivity index (χ2n) is 10.8. The van der Waals surface area contributed by atoms with Crippen LogP contribution in [0.2, 0.25) is 0 Å². The Kier molecular flexibility index (Phi) is 10.7. The van der Waals surface area contributed by atoms with Gasteiger partial charge in [0.25, 0.3) is 10.0 Å². The molecule has 0 saturated heterocycles. The summed E-state index contributed by atoms with van der Waals surface area (Å²) >= 11 is 0. The van der Waals surface area contributed by atoms with Crippen LogP contribution in [0.1, 0.15) is 50.2 Å². The Morgan fingerprint density at radius 3 is 2.19 bits per heavy atom. The highest BCUT2D eigenvalue weighted by Gasteiger charge is 2.35. The van der Waals surface area contributed by atoms with Crippen molar-refractivity contribution in [3.05, 3.63) is 83.9 Å². The predicted molar refractivity (Wildman–Crippen MR) is 167 cm³/mol. The minimum atomic E-state index is -4.24. The molecule has 1 aliphatic rings. The maximum Gasteiger partial charge on any atom is 0.264 e. The van der Waals surface area contributed by atoms with Gasteiger partial charge in [0.2, 0.25) is 11.8 Å². The van der Waals surface area contributed by atoms with Crippen molar-refractivity contribution in [1.29, 1.82) is 0 Å². The SMILES string of the molecule is CC[C@H](C(=O)NC1CCCC1)N(Cc1ccc(C)cc1)C(=O)CN(c1ccccc1OC)S(=O)(=O)c1ccc(OC)cc1. The summed E-state index contributed by atoms with van der Waals surface area (Å²) in [4.78, 5) is 29.4. The van der Waals surface area contributed by atoms with Gasteiger partial charge in [0.1, 0.15) is 24.1 Å². The van der Waals surface area contributed by atoms with E-state index in [9.17, 15) is 18.0 Å². The number of anilines is 1. The first-order chi connectivity index (χ1) is 20.7. The molecule has 1 N–H and O–H groups in total. The molecule has 0 heterocycles. The van der Waals surface area contributed by atoms with Crippen LogP contribution in [0.5, 0.6) is 11.5 Å². The standard InChI is InChI=1S/C33H41N3O6S/c1-5-29(33(38)34-26-10-6-7-11-26)35(22-25-16-14-24(2)15-17-25)32(37)23-36(30-12-8-9-13-31(30)42-4)43(39,40)28-20-18-27(41-3)19-21-28/h8-9,12-21,26,29H,5-7,10-11,22-23H2,1-4H3,(H,34,38)/t29-/m1/s1. The first-order valence-electron chi connectivity index (χ1n) is 14.6. The summed E-state index contributed by atoms with van der Waals surface area (Å²) in [6, 6.07) is 19.7. The quantitative estimate of drug-likeness (QED) is 0.291. The molecule has 0 spiro atoms. The molecular formula is C33H41N3O6S. The van der Waals surface area contributed by atoms with Crippen LogP contribution >= 0.6 is 0 Å². The molecule has 4 rings (SSSR count). The number of methoxy groups -OCH3 is 2. The number of carbonyl (C=O) groups is 2. The average Bonchev–Trinajstić information content (AvgIpc) is 3.53. The van der Waals surface area contributed by atoms with Gasteiger partial charge in [0.15, 0.2) is 0 Å². The smallest absolute Gasteiger partial charge is 0.264 e. The second-order valence-corrected chi connectivity index (χ2v) is 12.6. The highest BCUT2D eigenvalue weighted by molar-refractivity contribution is 7.92. The van der Waals surface area contributed by atoms with E-state index in [0.29, 0.717) is 17.9 Å². The van der Waals surface area contributed by atoms with E-state index in [4.69, 9.17) is 9.47 Å². The maximum absolute atomic E-state index is 14.3. The van der Waals surface area contributed by atoms with Crippen molar-refractivity contribution < 1.29 is 27.5 Å². The fourth-order valence-corrected chi connectivity index (χ4v) is 6.83. The molecule has 3 aromatic carbocycles. The van der Waals surface area contributed by atoms with E-state index in [-0.39, 0.29) is 29.1 Å². The number of para-hydroxylation sites is 2. The van der Waals surface area contributed by atoms with Crippen LogP contribution < -0.4 is 19.1 Å². The number of ether oxygens (including phenoxy) is 2. The van der Waals surface area contributed by atoms with Crippen LogP contribution in [0.3, 0.4) is 0 Å². The number of nitrogens with zero attached hydrogens (tertiary/aromatic N) is 2. The van der Waals surface area contributed by atoms with Crippen LogP contribution in [0, 0.1) is 6.92 Å². The summed E-state index contributed by atoms with van der Waals surface area (Å²) in [5, 5.41) is 3.13. The van der Waals surface area contributed by atoms with Gasteiger partial charge < -0.3 is 19.7 Å². The molecular weight excluding hydrogens is 566 g/mol. The van der Waals surface area contributed by atoms with E-state index in [2.05, 4.69) is 5.32 Å².